The molecule has 0 aliphatic rings. The Hall–Kier alpha value is -4.06. The summed E-state index contributed by atoms with van der Waals surface area (Å²) in [7, 11) is 1.65. The van der Waals surface area contributed by atoms with Crippen LogP contribution in [0.2, 0.25) is 0 Å². The Balaban J connectivity index is 1.44. The average molecular weight is 398 g/mol. The van der Waals surface area contributed by atoms with Gasteiger partial charge >= 0.3 is 0 Å². The molecule has 0 unspecified atom stereocenters. The van der Waals surface area contributed by atoms with Crippen LogP contribution in [0.4, 0.5) is 0 Å². The van der Waals surface area contributed by atoms with E-state index in [1.165, 1.54) is 0 Å². The van der Waals surface area contributed by atoms with Crippen LogP contribution < -0.4 is 10.2 Å². The van der Waals surface area contributed by atoms with Gasteiger partial charge in [0.2, 0.25) is 0 Å². The maximum absolute atomic E-state index is 12.5. The molecule has 150 valence electrons. The van der Waals surface area contributed by atoms with E-state index in [0.717, 1.165) is 28.4 Å². The molecule has 6 heteroatoms. The van der Waals surface area contributed by atoms with Crippen molar-refractivity contribution in [2.24, 2.45) is 5.10 Å². The van der Waals surface area contributed by atoms with Crippen molar-refractivity contribution in [2.75, 3.05) is 7.11 Å². The summed E-state index contributed by atoms with van der Waals surface area (Å²) < 4.78 is 9.22. The molecular formula is C24H22N4O2. The second kappa shape index (κ2) is 8.53. The molecule has 0 spiro atoms. The van der Waals surface area contributed by atoms with Gasteiger partial charge in [0.15, 0.2) is 0 Å². The lowest BCUT2D eigenvalue weighted by Crippen LogP contribution is -2.17. The molecule has 1 amide bonds. The van der Waals surface area contributed by atoms with Crippen molar-refractivity contribution in [2.45, 2.75) is 6.92 Å². The van der Waals surface area contributed by atoms with E-state index in [1.807, 2.05) is 90.7 Å². The van der Waals surface area contributed by atoms with Crippen LogP contribution in [-0.4, -0.2) is 28.4 Å². The minimum atomic E-state index is -0.258. The van der Waals surface area contributed by atoms with Gasteiger partial charge in [0, 0.05) is 46.8 Å². The molecule has 0 radical (unpaired) electrons. The third-order valence-corrected chi connectivity index (χ3v) is 4.77. The number of nitrogens with one attached hydrogen (secondary N) is 1. The van der Waals surface area contributed by atoms with Crippen LogP contribution in [0, 0.1) is 6.92 Å². The summed E-state index contributed by atoms with van der Waals surface area (Å²) in [6.07, 6.45) is 7.48. The van der Waals surface area contributed by atoms with Gasteiger partial charge in [0.25, 0.3) is 5.91 Å². The zero-order valence-corrected chi connectivity index (χ0v) is 16.8. The number of amides is 1. The highest BCUT2D eigenvalue weighted by atomic mass is 16.5. The monoisotopic (exact) mass is 398 g/mol. The number of aryl methyl sites for hydroxylation is 1. The van der Waals surface area contributed by atoms with Gasteiger partial charge in [0.1, 0.15) is 5.75 Å². The van der Waals surface area contributed by atoms with Gasteiger partial charge in [-0.25, -0.2) is 5.43 Å². The maximum atomic E-state index is 12.5. The van der Waals surface area contributed by atoms with Crippen molar-refractivity contribution >= 4 is 12.1 Å². The summed E-state index contributed by atoms with van der Waals surface area (Å²) in [5.41, 5.74) is 7.05. The molecule has 0 saturated carbocycles. The molecule has 4 aromatic rings. The van der Waals surface area contributed by atoms with E-state index in [-0.39, 0.29) is 5.91 Å². The number of methoxy groups -OCH3 is 1. The molecule has 2 aromatic carbocycles. The average Bonchev–Trinajstić information content (AvgIpc) is 3.44. The number of benzene rings is 2. The number of rotatable bonds is 6. The fourth-order valence-corrected chi connectivity index (χ4v) is 3.23. The molecule has 0 aliphatic heterocycles. The first-order valence-corrected chi connectivity index (χ1v) is 9.54. The van der Waals surface area contributed by atoms with E-state index in [1.54, 1.807) is 19.4 Å². The first kappa shape index (κ1) is 19.3. The van der Waals surface area contributed by atoms with Crippen LogP contribution >= 0.6 is 0 Å². The van der Waals surface area contributed by atoms with Gasteiger partial charge < -0.3 is 13.9 Å². The standard InChI is InChI=1S/C24H22N4O2/c1-18-14-19(17-28(18)21-8-10-23(30-2)11-9-21)16-25-26-24(29)20-6-5-7-22(15-20)27-12-3-4-13-27/h3-17H,1-2H3,(H,26,29)/b25-16+. The number of hydrogen-bond donors (Lipinski definition) is 1. The van der Waals surface area contributed by atoms with Crippen molar-refractivity contribution < 1.29 is 9.53 Å². The summed E-state index contributed by atoms with van der Waals surface area (Å²) in [4.78, 5) is 12.5. The molecule has 0 fully saturated rings. The van der Waals surface area contributed by atoms with Gasteiger partial charge in [-0.3, -0.25) is 4.79 Å². The van der Waals surface area contributed by atoms with Crippen LogP contribution in [0.3, 0.4) is 0 Å². The van der Waals surface area contributed by atoms with Crippen LogP contribution in [0.15, 0.2) is 90.4 Å². The fraction of sp³-hybridized carbons (Fsp3) is 0.0833. The molecule has 4 rings (SSSR count). The van der Waals surface area contributed by atoms with E-state index in [4.69, 9.17) is 4.74 Å². The lowest BCUT2D eigenvalue weighted by atomic mass is 10.2. The Morgan fingerprint density at radius 2 is 1.77 bits per heavy atom. The first-order chi connectivity index (χ1) is 14.6. The highest BCUT2D eigenvalue weighted by molar-refractivity contribution is 5.95. The van der Waals surface area contributed by atoms with Gasteiger partial charge in [-0.2, -0.15) is 5.10 Å². The van der Waals surface area contributed by atoms with Crippen molar-refractivity contribution in [3.63, 3.8) is 0 Å². The van der Waals surface area contributed by atoms with Crippen molar-refractivity contribution in [1.82, 2.24) is 14.6 Å². The third-order valence-electron chi connectivity index (χ3n) is 4.77. The number of hydrogen-bond acceptors (Lipinski definition) is 3. The van der Waals surface area contributed by atoms with Crippen LogP contribution in [0.25, 0.3) is 11.4 Å². The smallest absolute Gasteiger partial charge is 0.271 e. The molecule has 30 heavy (non-hydrogen) atoms. The molecule has 6 nitrogen and oxygen atoms in total. The minimum Gasteiger partial charge on any atom is -0.497 e. The lowest BCUT2D eigenvalue weighted by molar-refractivity contribution is 0.0955. The van der Waals surface area contributed by atoms with E-state index in [9.17, 15) is 4.79 Å². The Bertz CT molecular complexity index is 1170. The SMILES string of the molecule is COc1ccc(-n2cc(/C=N/NC(=O)c3cccc(-n4cccc4)c3)cc2C)cc1. The fourth-order valence-electron chi connectivity index (χ4n) is 3.23. The molecular weight excluding hydrogens is 376 g/mol. The number of ether oxygens (including phenoxy) is 1. The Morgan fingerprint density at radius 1 is 1.00 bits per heavy atom. The lowest BCUT2D eigenvalue weighted by Gasteiger charge is -2.06. The zero-order valence-electron chi connectivity index (χ0n) is 16.8. The first-order valence-electron chi connectivity index (χ1n) is 9.54. The van der Waals surface area contributed by atoms with Crippen LogP contribution in [0.5, 0.6) is 5.75 Å². The molecule has 0 bridgehead atoms. The van der Waals surface area contributed by atoms with Gasteiger partial charge in [-0.1, -0.05) is 6.07 Å². The van der Waals surface area contributed by atoms with Crippen LogP contribution in [0.1, 0.15) is 21.6 Å². The summed E-state index contributed by atoms with van der Waals surface area (Å²) in [6, 6.07) is 21.1. The quantitative estimate of drug-likeness (QED) is 0.388. The van der Waals surface area contributed by atoms with Crippen LogP contribution in [-0.2, 0) is 0 Å². The second-order valence-electron chi connectivity index (χ2n) is 6.82. The summed E-state index contributed by atoms with van der Waals surface area (Å²) >= 11 is 0. The number of nitrogens with zero attached hydrogens (tertiary/aromatic N) is 3. The topological polar surface area (TPSA) is 60.5 Å². The number of carbonyl (C=O) groups is 1. The van der Waals surface area contributed by atoms with E-state index in [0.29, 0.717) is 5.56 Å². The largest absolute Gasteiger partial charge is 0.497 e. The molecule has 2 aromatic heterocycles. The molecule has 0 aliphatic carbocycles. The summed E-state index contributed by atoms with van der Waals surface area (Å²) in [5, 5.41) is 4.12. The Kier molecular flexibility index (Phi) is 5.48. The van der Waals surface area contributed by atoms with Gasteiger partial charge in [-0.15, -0.1) is 0 Å². The summed E-state index contributed by atoms with van der Waals surface area (Å²) in [5.74, 6) is 0.556. The Morgan fingerprint density at radius 3 is 2.50 bits per heavy atom. The minimum absolute atomic E-state index is 0.258. The predicted octanol–water partition coefficient (Wildman–Crippen LogP) is 4.35. The van der Waals surface area contributed by atoms with Crippen molar-refractivity contribution in [3.8, 4) is 17.1 Å². The number of carbonyl (C=O) groups excluding carboxylic acids is 1. The highest BCUT2D eigenvalue weighted by Crippen LogP contribution is 2.18. The molecule has 0 atom stereocenters. The summed E-state index contributed by atoms with van der Waals surface area (Å²) in [6.45, 7) is 2.02. The highest BCUT2D eigenvalue weighted by Gasteiger charge is 2.07. The second-order valence-corrected chi connectivity index (χ2v) is 6.82. The van der Waals surface area contributed by atoms with Gasteiger partial charge in [-0.05, 0) is 67.6 Å². The van der Waals surface area contributed by atoms with Crippen molar-refractivity contribution in [3.05, 3.63) is 102 Å². The zero-order chi connectivity index (χ0) is 20.9. The van der Waals surface area contributed by atoms with E-state index < -0.39 is 0 Å². The maximum Gasteiger partial charge on any atom is 0.271 e. The molecule has 1 N–H and O–H groups in total. The number of aromatic nitrogens is 2. The molecule has 2 heterocycles. The Labute approximate surface area is 175 Å². The molecule has 0 saturated heterocycles. The predicted molar refractivity (Wildman–Crippen MR) is 118 cm³/mol. The van der Waals surface area contributed by atoms with Crippen molar-refractivity contribution in [1.29, 1.82) is 0 Å². The van der Waals surface area contributed by atoms with E-state index in [2.05, 4.69) is 15.1 Å². The normalized spacial score (nSPS) is 11.0. The number of hydrazone groups is 1. The van der Waals surface area contributed by atoms with Gasteiger partial charge in [0.05, 0.1) is 13.3 Å². The van der Waals surface area contributed by atoms with E-state index >= 15 is 0 Å². The third kappa shape index (κ3) is 4.17.